The van der Waals surface area contributed by atoms with Gasteiger partial charge < -0.3 is 9.47 Å². The number of imide groups is 1. The van der Waals surface area contributed by atoms with E-state index in [0.717, 1.165) is 21.9 Å². The van der Waals surface area contributed by atoms with Gasteiger partial charge in [0.15, 0.2) is 0 Å². The molecule has 0 saturated carbocycles. The summed E-state index contributed by atoms with van der Waals surface area (Å²) in [6.07, 6.45) is -6.21. The quantitative estimate of drug-likeness (QED) is 0.478. The Bertz CT molecular complexity index is 1160. The van der Waals surface area contributed by atoms with Crippen molar-refractivity contribution < 1.29 is 37.0 Å². The van der Waals surface area contributed by atoms with E-state index in [9.17, 15) is 27.6 Å². The monoisotopic (exact) mass is 520 g/mol. The van der Waals surface area contributed by atoms with Crippen LogP contribution in [0.4, 0.5) is 22.8 Å². The Kier molecular flexibility index (Phi) is 7.90. The molecule has 3 rings (SSSR count). The third-order valence-corrected chi connectivity index (χ3v) is 6.21. The third kappa shape index (κ3) is 6.23. The molecule has 1 heterocycles. The van der Waals surface area contributed by atoms with E-state index in [-0.39, 0.29) is 6.61 Å². The lowest BCUT2D eigenvalue weighted by atomic mass is 9.87. The van der Waals surface area contributed by atoms with E-state index < -0.39 is 53.4 Å². The predicted octanol–water partition coefficient (Wildman–Crippen LogP) is 6.07. The Morgan fingerprint density at radius 3 is 2.27 bits per heavy atom. The Morgan fingerprint density at radius 2 is 1.73 bits per heavy atom. The maximum absolute atomic E-state index is 14.0. The first kappa shape index (κ1) is 28.0. The fourth-order valence-electron chi connectivity index (χ4n) is 4.42. The molecule has 0 aromatic heterocycles. The summed E-state index contributed by atoms with van der Waals surface area (Å²) in [6.45, 7) is 8.07. The van der Waals surface area contributed by atoms with Crippen LogP contribution in [0, 0.1) is 6.92 Å². The molecule has 1 fully saturated rings. The van der Waals surface area contributed by atoms with Gasteiger partial charge in [-0.3, -0.25) is 9.69 Å². The molecule has 2 aromatic carbocycles. The molecule has 1 aliphatic heterocycles. The van der Waals surface area contributed by atoms with Crippen LogP contribution in [-0.2, 0) is 20.4 Å². The zero-order valence-corrected chi connectivity index (χ0v) is 21.6. The average Bonchev–Trinajstić information content (AvgIpc) is 3.19. The molecule has 37 heavy (non-hydrogen) atoms. The van der Waals surface area contributed by atoms with Gasteiger partial charge in [-0.1, -0.05) is 43.3 Å². The van der Waals surface area contributed by atoms with E-state index in [4.69, 9.17) is 9.47 Å². The highest BCUT2D eigenvalue weighted by Gasteiger charge is 2.46. The Balaban J connectivity index is 2.05. The van der Waals surface area contributed by atoms with E-state index in [1.165, 1.54) is 20.0 Å². The van der Waals surface area contributed by atoms with Crippen LogP contribution in [0.15, 0.2) is 48.5 Å². The molecule has 2 aromatic rings. The second-order valence-corrected chi connectivity index (χ2v) is 10.1. The normalized spacial score (nSPS) is 17.7. The van der Waals surface area contributed by atoms with Gasteiger partial charge in [-0.15, -0.1) is 0 Å². The molecule has 0 unspecified atom stereocenters. The molecule has 3 amide bonds. The van der Waals surface area contributed by atoms with Gasteiger partial charge in [0.1, 0.15) is 24.3 Å². The second kappa shape index (κ2) is 10.4. The van der Waals surface area contributed by atoms with Gasteiger partial charge in [0.05, 0.1) is 5.56 Å². The smallest absolute Gasteiger partial charge is 0.417 e. The van der Waals surface area contributed by atoms with Crippen molar-refractivity contribution in [1.29, 1.82) is 0 Å². The molecule has 0 spiro atoms. The number of halogens is 3. The molecule has 0 radical (unpaired) electrons. The number of rotatable bonds is 5. The minimum absolute atomic E-state index is 0.0643. The van der Waals surface area contributed by atoms with Crippen molar-refractivity contribution in [1.82, 2.24) is 9.80 Å². The summed E-state index contributed by atoms with van der Waals surface area (Å²) in [4.78, 5) is 41.8. The molecule has 0 N–H and O–H groups in total. The summed E-state index contributed by atoms with van der Waals surface area (Å²) in [6, 6.07) is 10.1. The molecule has 1 saturated heterocycles. The number of cyclic esters (lactones) is 1. The number of aryl methyl sites for hydroxylation is 1. The molecular weight excluding hydrogens is 489 g/mol. The molecule has 1 aliphatic rings. The summed E-state index contributed by atoms with van der Waals surface area (Å²) in [5.41, 5.74) is -0.312. The molecule has 3 atom stereocenters. The number of hydrogen-bond acceptors (Lipinski definition) is 5. The molecule has 200 valence electrons. The molecule has 7 nitrogen and oxygen atoms in total. The Labute approximate surface area is 214 Å². The van der Waals surface area contributed by atoms with E-state index >= 15 is 0 Å². The number of nitrogens with zero attached hydrogens (tertiary/aromatic N) is 2. The number of carbonyl (C=O) groups excluding carboxylic acids is 3. The first-order chi connectivity index (χ1) is 17.1. The van der Waals surface area contributed by atoms with E-state index in [2.05, 4.69) is 0 Å². The van der Waals surface area contributed by atoms with Crippen molar-refractivity contribution in [3.8, 4) is 0 Å². The van der Waals surface area contributed by atoms with Crippen LogP contribution < -0.4 is 0 Å². The third-order valence-electron chi connectivity index (χ3n) is 6.21. The maximum Gasteiger partial charge on any atom is 0.417 e. The van der Waals surface area contributed by atoms with Crippen LogP contribution in [0.25, 0.3) is 0 Å². The van der Waals surface area contributed by atoms with Crippen LogP contribution in [-0.4, -0.2) is 53.2 Å². The van der Waals surface area contributed by atoms with Crippen molar-refractivity contribution in [2.24, 2.45) is 0 Å². The van der Waals surface area contributed by atoms with Crippen molar-refractivity contribution in [2.75, 3.05) is 13.7 Å². The fraction of sp³-hybridized carbons (Fsp3) is 0.444. The summed E-state index contributed by atoms with van der Waals surface area (Å²) < 4.78 is 50.4. The highest BCUT2D eigenvalue weighted by molar-refractivity contribution is 5.98. The van der Waals surface area contributed by atoms with Crippen molar-refractivity contribution in [2.45, 2.75) is 64.4 Å². The highest BCUT2D eigenvalue weighted by atomic mass is 19.4. The molecule has 0 bridgehead atoms. The number of likely N-dealkylation sites (N-methyl/N-ethyl adjacent to an activating group) is 1. The van der Waals surface area contributed by atoms with E-state index in [1.807, 2.05) is 0 Å². The summed E-state index contributed by atoms with van der Waals surface area (Å²) >= 11 is 0. The first-order valence-electron chi connectivity index (χ1n) is 11.8. The summed E-state index contributed by atoms with van der Waals surface area (Å²) in [5, 5.41) is 0. The highest BCUT2D eigenvalue weighted by Crippen LogP contribution is 2.36. The standard InChI is InChI=1S/C27H31F3N2O5/c1-16-14-19(27(28,29)30)12-13-20(16)17(2)22(31(6)24(34)37-26(3,4)5)23(33)32-21(15-36-25(32)35)18-10-8-7-9-11-18/h7-14,17,21-22H,15H2,1-6H3/t17-,21-,22-/m0/s1. The zero-order chi connectivity index (χ0) is 27.7. The van der Waals surface area contributed by atoms with Crippen LogP contribution in [0.2, 0.25) is 0 Å². The second-order valence-electron chi connectivity index (χ2n) is 10.1. The van der Waals surface area contributed by atoms with Crippen LogP contribution in [0.3, 0.4) is 0 Å². The minimum atomic E-state index is -4.53. The van der Waals surface area contributed by atoms with E-state index in [1.54, 1.807) is 58.0 Å². The predicted molar refractivity (Wildman–Crippen MR) is 130 cm³/mol. The van der Waals surface area contributed by atoms with Gasteiger partial charge in [0.2, 0.25) is 0 Å². The maximum atomic E-state index is 14.0. The SMILES string of the molecule is Cc1cc(C(F)(F)F)ccc1[C@H](C)[C@@H](C(=O)N1C(=O)OC[C@H]1c1ccccc1)N(C)C(=O)OC(C)(C)C. The minimum Gasteiger partial charge on any atom is -0.446 e. The Morgan fingerprint density at radius 1 is 1.11 bits per heavy atom. The lowest BCUT2D eigenvalue weighted by molar-refractivity contribution is -0.138. The van der Waals surface area contributed by atoms with Crippen LogP contribution in [0.1, 0.15) is 61.9 Å². The Hall–Kier alpha value is -3.56. The zero-order valence-electron chi connectivity index (χ0n) is 21.6. The van der Waals surface area contributed by atoms with Gasteiger partial charge in [-0.05, 0) is 56.5 Å². The van der Waals surface area contributed by atoms with Gasteiger partial charge in [0.25, 0.3) is 5.91 Å². The number of carbonyl (C=O) groups is 3. The van der Waals surface area contributed by atoms with Crippen molar-refractivity contribution in [3.05, 3.63) is 70.8 Å². The largest absolute Gasteiger partial charge is 0.446 e. The van der Waals surface area contributed by atoms with E-state index in [0.29, 0.717) is 16.7 Å². The van der Waals surface area contributed by atoms with Crippen LogP contribution >= 0.6 is 0 Å². The number of alkyl halides is 3. The van der Waals surface area contributed by atoms with Gasteiger partial charge in [-0.25, -0.2) is 14.5 Å². The number of amides is 3. The summed E-state index contributed by atoms with van der Waals surface area (Å²) in [7, 11) is 1.37. The number of hydrogen-bond donors (Lipinski definition) is 0. The van der Waals surface area contributed by atoms with Gasteiger partial charge >= 0.3 is 18.4 Å². The van der Waals surface area contributed by atoms with Crippen molar-refractivity contribution in [3.63, 3.8) is 0 Å². The molecule has 10 heteroatoms. The number of benzene rings is 2. The lowest BCUT2D eigenvalue weighted by Crippen LogP contribution is -2.53. The fourth-order valence-corrected chi connectivity index (χ4v) is 4.42. The van der Waals surface area contributed by atoms with Crippen LogP contribution in [0.5, 0.6) is 0 Å². The average molecular weight is 521 g/mol. The summed E-state index contributed by atoms with van der Waals surface area (Å²) in [5.74, 6) is -1.52. The molecular formula is C27H31F3N2O5. The van der Waals surface area contributed by atoms with Gasteiger partial charge in [-0.2, -0.15) is 13.2 Å². The first-order valence-corrected chi connectivity index (χ1v) is 11.8. The number of ether oxygens (including phenoxy) is 2. The lowest BCUT2D eigenvalue weighted by Gasteiger charge is -2.36. The topological polar surface area (TPSA) is 76.2 Å². The van der Waals surface area contributed by atoms with Crippen molar-refractivity contribution >= 4 is 18.1 Å². The van der Waals surface area contributed by atoms with Gasteiger partial charge in [0, 0.05) is 13.0 Å². The molecule has 0 aliphatic carbocycles.